The van der Waals surface area contributed by atoms with Gasteiger partial charge in [0.25, 0.3) is 0 Å². The van der Waals surface area contributed by atoms with E-state index in [0.29, 0.717) is 11.8 Å². The molecule has 2 unspecified atom stereocenters. The summed E-state index contributed by atoms with van der Waals surface area (Å²) in [5.74, 6) is 0.622. The molecule has 1 aromatic heterocycles. The molecule has 1 heterocycles. The number of fused-ring (bicyclic) bond motifs is 7. The van der Waals surface area contributed by atoms with E-state index in [2.05, 4.69) is 254 Å². The molecule has 2 aliphatic rings. The summed E-state index contributed by atoms with van der Waals surface area (Å²) in [6.07, 6.45) is 7.43. The van der Waals surface area contributed by atoms with Crippen LogP contribution < -0.4 is 4.90 Å². The van der Waals surface area contributed by atoms with Crippen molar-refractivity contribution in [2.75, 3.05) is 4.90 Å². The zero-order chi connectivity index (χ0) is 42.1. The van der Waals surface area contributed by atoms with Gasteiger partial charge in [-0.3, -0.25) is 0 Å². The molecule has 300 valence electrons. The number of benzene rings is 9. The molecule has 0 radical (unpaired) electrons. The zero-order valence-electron chi connectivity index (χ0n) is 35.5. The molecule has 0 amide bonds. The number of rotatable bonds is 7. The maximum Gasteiger partial charge on any atom is 0.0541 e. The van der Waals surface area contributed by atoms with Crippen molar-refractivity contribution in [3.63, 3.8) is 0 Å². The Balaban J connectivity index is 1.06. The Morgan fingerprint density at radius 1 is 0.460 bits per heavy atom. The molecule has 2 atom stereocenters. The maximum atomic E-state index is 2.57. The first kappa shape index (κ1) is 37.1. The molecule has 12 rings (SSSR count). The van der Waals surface area contributed by atoms with E-state index in [0.717, 1.165) is 17.1 Å². The Morgan fingerprint density at radius 3 is 1.75 bits per heavy atom. The first-order valence-corrected chi connectivity index (χ1v) is 22.2. The van der Waals surface area contributed by atoms with Gasteiger partial charge >= 0.3 is 0 Å². The van der Waals surface area contributed by atoms with Crippen LogP contribution in [0.3, 0.4) is 0 Å². The van der Waals surface area contributed by atoms with Crippen molar-refractivity contribution < 1.29 is 0 Å². The zero-order valence-corrected chi connectivity index (χ0v) is 35.5. The van der Waals surface area contributed by atoms with E-state index in [1.807, 2.05) is 0 Å². The third-order valence-electron chi connectivity index (χ3n) is 13.9. The number of hydrogen-bond donors (Lipinski definition) is 0. The monoisotopic (exact) mass is 806 g/mol. The fourth-order valence-electron chi connectivity index (χ4n) is 11.0. The average Bonchev–Trinajstić information content (AvgIpc) is 3.80. The van der Waals surface area contributed by atoms with Gasteiger partial charge in [-0.1, -0.05) is 202 Å². The normalized spacial score (nSPS) is 16.3. The van der Waals surface area contributed by atoms with E-state index in [1.54, 1.807) is 0 Å². The lowest BCUT2D eigenvalue weighted by Gasteiger charge is -2.36. The van der Waals surface area contributed by atoms with E-state index >= 15 is 0 Å². The minimum atomic E-state index is -0.0369. The average molecular weight is 807 g/mol. The Morgan fingerprint density at radius 2 is 1.02 bits per heavy atom. The van der Waals surface area contributed by atoms with Crippen molar-refractivity contribution in [3.05, 3.63) is 247 Å². The molecule has 63 heavy (non-hydrogen) atoms. The quantitative estimate of drug-likeness (QED) is 0.156. The number of allylic oxidation sites excluding steroid dienone is 3. The number of para-hydroxylation sites is 4. The van der Waals surface area contributed by atoms with Crippen LogP contribution in [0.2, 0.25) is 0 Å². The second kappa shape index (κ2) is 14.8. The van der Waals surface area contributed by atoms with E-state index in [4.69, 9.17) is 0 Å². The minimum Gasteiger partial charge on any atom is -0.310 e. The highest BCUT2D eigenvalue weighted by Gasteiger charge is 2.45. The summed E-state index contributed by atoms with van der Waals surface area (Å²) in [5, 5.41) is 5.02. The predicted molar refractivity (Wildman–Crippen MR) is 266 cm³/mol. The molecule has 0 bridgehead atoms. The fraction of sp³-hybridized carbons (Fsp3) is 0.0820. The van der Waals surface area contributed by atoms with Crippen molar-refractivity contribution in [1.82, 2.24) is 4.57 Å². The SMILES string of the molecule is CC1(C)c2ccccc2C2C=CC(N(c3ccccc3-c3ccc(-n4c5ccccc5c5ccccc54)cc3)c3ccccc3-c3cccc4cccc(-c5ccccc5)c34)=CC21. The minimum absolute atomic E-state index is 0.0369. The lowest BCUT2D eigenvalue weighted by molar-refractivity contribution is 0.392. The highest BCUT2D eigenvalue weighted by atomic mass is 15.2. The van der Waals surface area contributed by atoms with Crippen LogP contribution in [0.5, 0.6) is 0 Å². The van der Waals surface area contributed by atoms with Gasteiger partial charge in [0.05, 0.1) is 22.4 Å². The van der Waals surface area contributed by atoms with Crippen molar-refractivity contribution in [1.29, 1.82) is 0 Å². The van der Waals surface area contributed by atoms with E-state index < -0.39 is 0 Å². The van der Waals surface area contributed by atoms with Crippen LogP contribution in [0.4, 0.5) is 11.4 Å². The highest BCUT2D eigenvalue weighted by Crippen LogP contribution is 2.55. The molecule has 2 heteroatoms. The maximum absolute atomic E-state index is 2.57. The van der Waals surface area contributed by atoms with Crippen LogP contribution in [0, 0.1) is 5.92 Å². The highest BCUT2D eigenvalue weighted by molar-refractivity contribution is 6.10. The predicted octanol–water partition coefficient (Wildman–Crippen LogP) is 16.2. The Hall–Kier alpha value is -7.68. The van der Waals surface area contributed by atoms with Crippen molar-refractivity contribution in [3.8, 4) is 39.1 Å². The summed E-state index contributed by atoms with van der Waals surface area (Å²) >= 11 is 0. The molecule has 2 aliphatic carbocycles. The van der Waals surface area contributed by atoms with Crippen LogP contribution in [0.15, 0.2) is 236 Å². The molecule has 0 N–H and O–H groups in total. The number of aromatic nitrogens is 1. The second-order valence-corrected chi connectivity index (χ2v) is 17.7. The standard InChI is InChI=1S/C61H46N2/c1-61(2)54-29-11-6-23-48(54)49-39-38-45(40-55(49)61)63(59-33-15-10-26-52(59)53-28-17-21-43-20-16-27-47(60(43)53)41-18-4-3-5-19-41)56-30-12-7-22-46(56)42-34-36-44(37-35-42)62-57-31-13-8-24-50(57)51-25-9-14-32-58(51)62/h3-40,49,55H,1-2H3. The fourth-order valence-corrected chi connectivity index (χ4v) is 11.0. The van der Waals surface area contributed by atoms with Crippen LogP contribution in [0.25, 0.3) is 71.6 Å². The van der Waals surface area contributed by atoms with E-state index in [1.165, 1.54) is 82.8 Å². The lowest BCUT2D eigenvalue weighted by atomic mass is 9.74. The van der Waals surface area contributed by atoms with Gasteiger partial charge in [0.15, 0.2) is 0 Å². The molecular formula is C61H46N2. The third kappa shape index (κ3) is 5.93. The molecule has 2 nitrogen and oxygen atoms in total. The number of hydrogen-bond acceptors (Lipinski definition) is 1. The first-order chi connectivity index (χ1) is 31.0. The van der Waals surface area contributed by atoms with Gasteiger partial charge in [-0.2, -0.15) is 0 Å². The summed E-state index contributed by atoms with van der Waals surface area (Å²) in [4.78, 5) is 2.54. The van der Waals surface area contributed by atoms with Crippen LogP contribution in [-0.2, 0) is 5.41 Å². The second-order valence-electron chi connectivity index (χ2n) is 17.7. The van der Waals surface area contributed by atoms with Gasteiger partial charge < -0.3 is 9.47 Å². The van der Waals surface area contributed by atoms with Crippen molar-refractivity contribution in [2.24, 2.45) is 5.92 Å². The Bertz CT molecular complexity index is 3380. The molecule has 9 aromatic carbocycles. The van der Waals surface area contributed by atoms with Crippen molar-refractivity contribution >= 4 is 44.0 Å². The summed E-state index contributed by atoms with van der Waals surface area (Å²) in [6.45, 7) is 4.85. The van der Waals surface area contributed by atoms with E-state index in [-0.39, 0.29) is 5.41 Å². The summed E-state index contributed by atoms with van der Waals surface area (Å²) in [5.41, 5.74) is 17.1. The van der Waals surface area contributed by atoms with Gasteiger partial charge in [0.2, 0.25) is 0 Å². The van der Waals surface area contributed by atoms with Crippen LogP contribution in [0.1, 0.15) is 30.9 Å². The Labute approximate surface area is 369 Å². The van der Waals surface area contributed by atoms with Gasteiger partial charge in [-0.25, -0.2) is 0 Å². The topological polar surface area (TPSA) is 8.17 Å². The summed E-state index contributed by atoms with van der Waals surface area (Å²) in [6, 6.07) is 78.0. The van der Waals surface area contributed by atoms with Gasteiger partial charge in [-0.05, 0) is 98.0 Å². The first-order valence-electron chi connectivity index (χ1n) is 22.2. The molecule has 0 fully saturated rings. The van der Waals surface area contributed by atoms with Gasteiger partial charge in [0.1, 0.15) is 0 Å². The number of nitrogens with zero attached hydrogens (tertiary/aromatic N) is 2. The van der Waals surface area contributed by atoms with Crippen LogP contribution in [-0.4, -0.2) is 4.57 Å². The summed E-state index contributed by atoms with van der Waals surface area (Å²) < 4.78 is 2.40. The van der Waals surface area contributed by atoms with Gasteiger partial charge in [-0.15, -0.1) is 0 Å². The molecule has 0 spiro atoms. The largest absolute Gasteiger partial charge is 0.310 e. The van der Waals surface area contributed by atoms with E-state index in [9.17, 15) is 0 Å². The summed E-state index contributed by atoms with van der Waals surface area (Å²) in [7, 11) is 0. The molecule has 10 aromatic rings. The lowest BCUT2D eigenvalue weighted by Crippen LogP contribution is -2.28. The Kier molecular flexibility index (Phi) is 8.69. The molecule has 0 saturated heterocycles. The number of anilines is 2. The van der Waals surface area contributed by atoms with Gasteiger partial charge in [0, 0.05) is 39.2 Å². The molecule has 0 saturated carbocycles. The molecular weight excluding hydrogens is 761 g/mol. The molecule has 0 aliphatic heterocycles. The smallest absolute Gasteiger partial charge is 0.0541 e. The van der Waals surface area contributed by atoms with Crippen molar-refractivity contribution in [2.45, 2.75) is 25.2 Å². The van der Waals surface area contributed by atoms with Crippen LogP contribution >= 0.6 is 0 Å². The third-order valence-corrected chi connectivity index (χ3v) is 13.9.